The molecule has 1 aliphatic rings. The second kappa shape index (κ2) is 6.53. The van der Waals surface area contributed by atoms with Gasteiger partial charge in [0.15, 0.2) is 5.78 Å². The van der Waals surface area contributed by atoms with Crippen LogP contribution in [0.4, 0.5) is 0 Å². The van der Waals surface area contributed by atoms with Gasteiger partial charge in [0.2, 0.25) is 0 Å². The number of rotatable bonds is 6. The molecule has 110 valence electrons. The molecular weight excluding hydrogens is 246 g/mol. The van der Waals surface area contributed by atoms with Gasteiger partial charge in [0, 0.05) is 5.56 Å². The summed E-state index contributed by atoms with van der Waals surface area (Å²) in [6.45, 7) is 7.55. The maximum atomic E-state index is 12.9. The summed E-state index contributed by atoms with van der Waals surface area (Å²) in [6.07, 6.45) is 5.12. The first-order valence-corrected chi connectivity index (χ1v) is 7.96. The largest absolute Gasteiger partial charge is 0.305 e. The molecule has 2 rings (SSSR count). The molecule has 1 aromatic carbocycles. The zero-order chi connectivity index (χ0) is 14.6. The van der Waals surface area contributed by atoms with Gasteiger partial charge in [-0.2, -0.15) is 0 Å². The first kappa shape index (κ1) is 15.2. The van der Waals surface area contributed by atoms with Crippen LogP contribution in [0.25, 0.3) is 0 Å². The van der Waals surface area contributed by atoms with Crippen LogP contribution in [0, 0.1) is 5.92 Å². The van der Waals surface area contributed by atoms with Crippen LogP contribution in [0.3, 0.4) is 0 Å². The summed E-state index contributed by atoms with van der Waals surface area (Å²) in [5, 5.41) is 3.48. The number of carbonyl (C=O) groups excluding carboxylic acids is 1. The van der Waals surface area contributed by atoms with Crippen LogP contribution >= 0.6 is 0 Å². The molecule has 0 saturated carbocycles. The molecule has 0 amide bonds. The zero-order valence-electron chi connectivity index (χ0n) is 13.0. The van der Waals surface area contributed by atoms with Crippen molar-refractivity contribution in [2.45, 2.75) is 58.4 Å². The van der Waals surface area contributed by atoms with Crippen molar-refractivity contribution in [2.24, 2.45) is 5.92 Å². The molecule has 1 unspecified atom stereocenters. The Kier molecular flexibility index (Phi) is 4.98. The van der Waals surface area contributed by atoms with E-state index in [1.807, 2.05) is 12.1 Å². The number of hydrogen-bond acceptors (Lipinski definition) is 2. The number of benzene rings is 1. The molecule has 1 atom stereocenters. The van der Waals surface area contributed by atoms with Crippen molar-refractivity contribution < 1.29 is 4.79 Å². The molecule has 2 nitrogen and oxygen atoms in total. The van der Waals surface area contributed by atoms with Crippen molar-refractivity contribution in [1.29, 1.82) is 0 Å². The summed E-state index contributed by atoms with van der Waals surface area (Å²) in [7, 11) is 0. The van der Waals surface area contributed by atoms with Crippen LogP contribution in [0.5, 0.6) is 0 Å². The maximum Gasteiger partial charge on any atom is 0.182 e. The summed E-state index contributed by atoms with van der Waals surface area (Å²) in [6, 6.07) is 8.23. The topological polar surface area (TPSA) is 29.1 Å². The van der Waals surface area contributed by atoms with Crippen LogP contribution in [0.15, 0.2) is 24.3 Å². The van der Waals surface area contributed by atoms with E-state index >= 15 is 0 Å². The van der Waals surface area contributed by atoms with Gasteiger partial charge in [-0.15, -0.1) is 0 Å². The second-order valence-corrected chi connectivity index (χ2v) is 6.49. The van der Waals surface area contributed by atoms with Crippen molar-refractivity contribution in [1.82, 2.24) is 5.32 Å². The van der Waals surface area contributed by atoms with Crippen molar-refractivity contribution in [3.05, 3.63) is 35.4 Å². The van der Waals surface area contributed by atoms with Crippen molar-refractivity contribution in [2.75, 3.05) is 6.54 Å². The standard InChI is InChI=1S/C18H27NO/c1-4-9-18(10-6-11-19-18)17(20)16-8-5-7-15(13-16)12-14(2)3/h5,7-8,13-14,19H,4,6,9-12H2,1-3H3. The van der Waals surface area contributed by atoms with E-state index in [9.17, 15) is 4.79 Å². The maximum absolute atomic E-state index is 12.9. The lowest BCUT2D eigenvalue weighted by Gasteiger charge is -2.28. The van der Waals surface area contributed by atoms with E-state index in [2.05, 4.69) is 38.2 Å². The molecule has 1 N–H and O–H groups in total. The Hall–Kier alpha value is -1.15. The smallest absolute Gasteiger partial charge is 0.182 e. The normalized spacial score (nSPS) is 22.4. The summed E-state index contributed by atoms with van der Waals surface area (Å²) >= 11 is 0. The van der Waals surface area contributed by atoms with E-state index in [0.717, 1.165) is 44.2 Å². The lowest BCUT2D eigenvalue weighted by Crippen LogP contribution is -2.47. The van der Waals surface area contributed by atoms with E-state index < -0.39 is 0 Å². The molecule has 0 radical (unpaired) electrons. The fourth-order valence-corrected chi connectivity index (χ4v) is 3.34. The number of ketones is 1. The third kappa shape index (κ3) is 3.29. The van der Waals surface area contributed by atoms with Gasteiger partial charge in [0.25, 0.3) is 0 Å². The van der Waals surface area contributed by atoms with Gasteiger partial charge in [-0.1, -0.05) is 45.4 Å². The minimum atomic E-state index is -0.300. The number of hydrogen-bond donors (Lipinski definition) is 1. The summed E-state index contributed by atoms with van der Waals surface area (Å²) in [5.74, 6) is 0.914. The fraction of sp³-hybridized carbons (Fsp3) is 0.611. The summed E-state index contributed by atoms with van der Waals surface area (Å²) in [5.41, 5.74) is 1.85. The number of Topliss-reactive ketones (excluding diaryl/α,β-unsaturated/α-hetero) is 1. The highest BCUT2D eigenvalue weighted by atomic mass is 16.1. The fourth-order valence-electron chi connectivity index (χ4n) is 3.34. The highest BCUT2D eigenvalue weighted by molar-refractivity contribution is 6.03. The molecule has 1 aliphatic heterocycles. The van der Waals surface area contributed by atoms with Crippen LogP contribution in [-0.4, -0.2) is 17.9 Å². The number of nitrogens with one attached hydrogen (secondary N) is 1. The van der Waals surface area contributed by atoms with Gasteiger partial charge >= 0.3 is 0 Å². The van der Waals surface area contributed by atoms with Crippen molar-refractivity contribution in [3.8, 4) is 0 Å². The molecule has 0 aliphatic carbocycles. The lowest BCUT2D eigenvalue weighted by atomic mass is 9.83. The van der Waals surface area contributed by atoms with Gasteiger partial charge in [-0.05, 0) is 49.8 Å². The Morgan fingerprint density at radius 2 is 2.20 bits per heavy atom. The molecule has 0 spiro atoms. The third-order valence-corrected chi connectivity index (χ3v) is 4.19. The van der Waals surface area contributed by atoms with Crippen LogP contribution in [0.1, 0.15) is 62.4 Å². The Morgan fingerprint density at radius 3 is 2.80 bits per heavy atom. The molecular formula is C18H27NO. The highest BCUT2D eigenvalue weighted by Crippen LogP contribution is 2.29. The average molecular weight is 273 g/mol. The average Bonchev–Trinajstić information content (AvgIpc) is 2.87. The Bertz CT molecular complexity index is 458. The lowest BCUT2D eigenvalue weighted by molar-refractivity contribution is 0.0857. The van der Waals surface area contributed by atoms with Gasteiger partial charge in [0.05, 0.1) is 5.54 Å². The van der Waals surface area contributed by atoms with Gasteiger partial charge < -0.3 is 5.32 Å². The second-order valence-electron chi connectivity index (χ2n) is 6.49. The first-order valence-electron chi connectivity index (χ1n) is 7.96. The SMILES string of the molecule is CCCC1(C(=O)c2cccc(CC(C)C)c2)CCCN1. The first-order chi connectivity index (χ1) is 9.57. The third-order valence-electron chi connectivity index (χ3n) is 4.19. The number of carbonyl (C=O) groups is 1. The van der Waals surface area contributed by atoms with E-state index in [1.54, 1.807) is 0 Å². The predicted octanol–water partition coefficient (Wildman–Crippen LogP) is 3.99. The Morgan fingerprint density at radius 1 is 1.40 bits per heavy atom. The Balaban J connectivity index is 2.23. The van der Waals surface area contributed by atoms with E-state index in [4.69, 9.17) is 0 Å². The molecule has 20 heavy (non-hydrogen) atoms. The highest BCUT2D eigenvalue weighted by Gasteiger charge is 2.40. The minimum absolute atomic E-state index is 0.294. The van der Waals surface area contributed by atoms with Crippen molar-refractivity contribution >= 4 is 5.78 Å². The van der Waals surface area contributed by atoms with E-state index in [0.29, 0.717) is 11.7 Å². The zero-order valence-corrected chi connectivity index (χ0v) is 13.0. The molecule has 0 bridgehead atoms. The van der Waals surface area contributed by atoms with Crippen LogP contribution in [0.2, 0.25) is 0 Å². The minimum Gasteiger partial charge on any atom is -0.305 e. The summed E-state index contributed by atoms with van der Waals surface area (Å²) in [4.78, 5) is 12.9. The molecule has 1 aromatic rings. The van der Waals surface area contributed by atoms with Gasteiger partial charge in [0.1, 0.15) is 0 Å². The predicted molar refractivity (Wildman–Crippen MR) is 84.2 cm³/mol. The molecule has 1 heterocycles. The van der Waals surface area contributed by atoms with E-state index in [1.165, 1.54) is 5.56 Å². The molecule has 1 fully saturated rings. The Labute approximate surface area is 123 Å². The van der Waals surface area contributed by atoms with Crippen LogP contribution < -0.4 is 5.32 Å². The van der Waals surface area contributed by atoms with Gasteiger partial charge in [-0.3, -0.25) is 4.79 Å². The molecule has 1 saturated heterocycles. The summed E-state index contributed by atoms with van der Waals surface area (Å²) < 4.78 is 0. The molecule has 2 heteroatoms. The van der Waals surface area contributed by atoms with E-state index in [-0.39, 0.29) is 5.54 Å². The quantitative estimate of drug-likeness (QED) is 0.794. The van der Waals surface area contributed by atoms with Gasteiger partial charge in [-0.25, -0.2) is 0 Å². The molecule has 0 aromatic heterocycles. The van der Waals surface area contributed by atoms with Crippen molar-refractivity contribution in [3.63, 3.8) is 0 Å². The van der Waals surface area contributed by atoms with Crippen LogP contribution in [-0.2, 0) is 6.42 Å². The monoisotopic (exact) mass is 273 g/mol.